The average molecular weight is 340 g/mol. The fraction of sp³-hybridized carbons (Fsp3) is 0.263. The highest BCUT2D eigenvalue weighted by atomic mass is 16.5. The van der Waals surface area contributed by atoms with Gasteiger partial charge in [-0.3, -0.25) is 9.59 Å². The molecule has 25 heavy (non-hydrogen) atoms. The molecule has 1 heterocycles. The Morgan fingerprint density at radius 1 is 1.16 bits per heavy atom. The molecule has 0 radical (unpaired) electrons. The number of hydrogen-bond acceptors (Lipinski definition) is 5. The highest BCUT2D eigenvalue weighted by molar-refractivity contribution is 6.22. The third-order valence-corrected chi connectivity index (χ3v) is 4.22. The van der Waals surface area contributed by atoms with E-state index in [1.54, 1.807) is 31.4 Å². The largest absolute Gasteiger partial charge is 0.497 e. The minimum absolute atomic E-state index is 0.0758. The number of imide groups is 1. The van der Waals surface area contributed by atoms with Gasteiger partial charge in [-0.25, -0.2) is 4.90 Å². The molecule has 1 saturated heterocycles. The highest BCUT2D eigenvalue weighted by Gasteiger charge is 2.39. The van der Waals surface area contributed by atoms with Crippen LogP contribution >= 0.6 is 0 Å². The monoisotopic (exact) mass is 340 g/mol. The van der Waals surface area contributed by atoms with Crippen LogP contribution in [0.5, 0.6) is 5.75 Å². The molecule has 2 aromatic rings. The molecule has 130 valence electrons. The van der Waals surface area contributed by atoms with Gasteiger partial charge in [0, 0.05) is 6.54 Å². The van der Waals surface area contributed by atoms with Gasteiger partial charge in [0.25, 0.3) is 5.91 Å². The Labute approximate surface area is 146 Å². The predicted octanol–water partition coefficient (Wildman–Crippen LogP) is 1.65. The van der Waals surface area contributed by atoms with Crippen LogP contribution in [0.4, 0.5) is 5.69 Å². The van der Waals surface area contributed by atoms with Crippen LogP contribution in [-0.2, 0) is 9.59 Å². The van der Waals surface area contributed by atoms with Crippen LogP contribution in [0.15, 0.2) is 54.6 Å². The van der Waals surface area contributed by atoms with Gasteiger partial charge in [-0.2, -0.15) is 0 Å². The number of nitrogens with one attached hydrogen (secondary N) is 1. The molecule has 2 N–H and O–H groups in total. The molecule has 1 aliphatic heterocycles. The summed E-state index contributed by atoms with van der Waals surface area (Å²) in [5.41, 5.74) is 1.28. The molecular weight excluding hydrogens is 320 g/mol. The summed E-state index contributed by atoms with van der Waals surface area (Å²) < 4.78 is 5.09. The summed E-state index contributed by atoms with van der Waals surface area (Å²) in [4.78, 5) is 26.0. The molecule has 0 aliphatic carbocycles. The molecule has 6 heteroatoms. The summed E-state index contributed by atoms with van der Waals surface area (Å²) in [6.07, 6.45) is -0.661. The minimum atomic E-state index is -0.737. The molecule has 0 unspecified atom stereocenters. The highest BCUT2D eigenvalue weighted by Crippen LogP contribution is 2.25. The second-order valence-corrected chi connectivity index (χ2v) is 5.86. The van der Waals surface area contributed by atoms with Gasteiger partial charge in [0.05, 0.1) is 31.4 Å². The van der Waals surface area contributed by atoms with Crippen LogP contribution in [0.25, 0.3) is 0 Å². The molecule has 1 aliphatic rings. The van der Waals surface area contributed by atoms with E-state index >= 15 is 0 Å². The topological polar surface area (TPSA) is 78.9 Å². The van der Waals surface area contributed by atoms with Gasteiger partial charge in [0.2, 0.25) is 5.91 Å². The van der Waals surface area contributed by atoms with Gasteiger partial charge in [-0.05, 0) is 29.8 Å². The van der Waals surface area contributed by atoms with Gasteiger partial charge in [-0.1, -0.05) is 30.3 Å². The second-order valence-electron chi connectivity index (χ2n) is 5.86. The van der Waals surface area contributed by atoms with E-state index in [0.717, 1.165) is 5.56 Å². The third-order valence-electron chi connectivity index (χ3n) is 4.22. The summed E-state index contributed by atoms with van der Waals surface area (Å²) >= 11 is 0. The Hall–Kier alpha value is -2.70. The fourth-order valence-corrected chi connectivity index (χ4v) is 2.84. The lowest BCUT2D eigenvalue weighted by Gasteiger charge is -2.17. The third kappa shape index (κ3) is 3.70. The normalized spacial score (nSPS) is 18.5. The molecular formula is C19H20N2O4. The van der Waals surface area contributed by atoms with E-state index < -0.39 is 12.1 Å². The summed E-state index contributed by atoms with van der Waals surface area (Å²) in [6.45, 7) is 0.199. The van der Waals surface area contributed by atoms with E-state index in [1.165, 1.54) is 4.90 Å². The van der Waals surface area contributed by atoms with Gasteiger partial charge in [0.1, 0.15) is 5.75 Å². The molecule has 0 bridgehead atoms. The smallest absolute Gasteiger partial charge is 0.251 e. The number of hydrogen-bond donors (Lipinski definition) is 2. The average Bonchev–Trinajstić information content (AvgIpc) is 2.94. The Morgan fingerprint density at radius 2 is 1.84 bits per heavy atom. The van der Waals surface area contributed by atoms with E-state index in [-0.39, 0.29) is 24.8 Å². The van der Waals surface area contributed by atoms with Crippen molar-refractivity contribution in [3.63, 3.8) is 0 Å². The van der Waals surface area contributed by atoms with E-state index in [4.69, 9.17) is 4.74 Å². The maximum absolute atomic E-state index is 12.5. The lowest BCUT2D eigenvalue weighted by molar-refractivity contribution is -0.121. The number of anilines is 1. The Bertz CT molecular complexity index is 746. The van der Waals surface area contributed by atoms with Crippen molar-refractivity contribution < 1.29 is 19.4 Å². The quantitative estimate of drug-likeness (QED) is 0.782. The summed E-state index contributed by atoms with van der Waals surface area (Å²) in [5, 5.41) is 13.2. The molecule has 2 amide bonds. The first-order valence-corrected chi connectivity index (χ1v) is 8.07. The Kier molecular flexibility index (Phi) is 5.11. The zero-order valence-corrected chi connectivity index (χ0v) is 13.9. The molecule has 3 rings (SSSR count). The first kappa shape index (κ1) is 17.1. The standard InChI is InChI=1S/C19H20N2O4/c1-25-15-9-7-14(8-10-15)21-18(23)11-16(19(21)24)20-12-17(22)13-5-3-2-4-6-13/h2-10,16-17,20,22H,11-12H2,1H3/t16-,17+/m1/s1. The maximum Gasteiger partial charge on any atom is 0.251 e. The van der Waals surface area contributed by atoms with E-state index in [1.807, 2.05) is 30.3 Å². The van der Waals surface area contributed by atoms with Crippen molar-refractivity contribution in [3.05, 3.63) is 60.2 Å². The fourth-order valence-electron chi connectivity index (χ4n) is 2.84. The number of aliphatic hydroxyl groups excluding tert-OH is 1. The van der Waals surface area contributed by atoms with Gasteiger partial charge >= 0.3 is 0 Å². The molecule has 0 spiro atoms. The molecule has 2 aromatic carbocycles. The SMILES string of the molecule is COc1ccc(N2C(=O)C[C@@H](NC[C@H](O)c3ccccc3)C2=O)cc1. The zero-order valence-electron chi connectivity index (χ0n) is 13.9. The number of amides is 2. The maximum atomic E-state index is 12.5. The van der Waals surface area contributed by atoms with E-state index in [9.17, 15) is 14.7 Å². The molecule has 6 nitrogen and oxygen atoms in total. The summed E-state index contributed by atoms with van der Waals surface area (Å²) in [7, 11) is 1.55. The van der Waals surface area contributed by atoms with Gasteiger partial charge in [0.15, 0.2) is 0 Å². The van der Waals surface area contributed by atoms with Crippen molar-refractivity contribution in [1.82, 2.24) is 5.32 Å². The van der Waals surface area contributed by atoms with Gasteiger partial charge < -0.3 is 15.2 Å². The minimum Gasteiger partial charge on any atom is -0.497 e. The van der Waals surface area contributed by atoms with Crippen LogP contribution in [0, 0.1) is 0 Å². The molecule has 1 fully saturated rings. The zero-order chi connectivity index (χ0) is 17.8. The van der Waals surface area contributed by atoms with E-state index in [2.05, 4.69) is 5.32 Å². The number of carbonyl (C=O) groups is 2. The van der Waals surface area contributed by atoms with Crippen LogP contribution in [0.2, 0.25) is 0 Å². The number of nitrogens with zero attached hydrogens (tertiary/aromatic N) is 1. The Morgan fingerprint density at radius 3 is 2.48 bits per heavy atom. The van der Waals surface area contributed by atoms with Crippen LogP contribution in [0.1, 0.15) is 18.1 Å². The number of rotatable bonds is 6. The first-order chi connectivity index (χ1) is 12.1. The van der Waals surface area contributed by atoms with Crippen LogP contribution < -0.4 is 15.0 Å². The van der Waals surface area contributed by atoms with Crippen molar-refractivity contribution in [2.45, 2.75) is 18.6 Å². The van der Waals surface area contributed by atoms with Gasteiger partial charge in [-0.15, -0.1) is 0 Å². The number of benzene rings is 2. The predicted molar refractivity (Wildman–Crippen MR) is 93.3 cm³/mol. The van der Waals surface area contributed by atoms with Crippen molar-refractivity contribution in [2.75, 3.05) is 18.6 Å². The Balaban J connectivity index is 1.64. The molecule has 2 atom stereocenters. The van der Waals surface area contributed by atoms with Crippen molar-refractivity contribution in [1.29, 1.82) is 0 Å². The number of methoxy groups -OCH3 is 1. The van der Waals surface area contributed by atoms with Crippen LogP contribution in [-0.4, -0.2) is 36.6 Å². The number of carbonyl (C=O) groups excluding carboxylic acids is 2. The second kappa shape index (κ2) is 7.46. The lowest BCUT2D eigenvalue weighted by atomic mass is 10.1. The van der Waals surface area contributed by atoms with Crippen molar-refractivity contribution >= 4 is 17.5 Å². The van der Waals surface area contributed by atoms with Crippen molar-refractivity contribution in [3.8, 4) is 5.75 Å². The van der Waals surface area contributed by atoms with Crippen LogP contribution in [0.3, 0.4) is 0 Å². The summed E-state index contributed by atoms with van der Waals surface area (Å²) in [5.74, 6) is 0.0841. The molecule has 0 saturated carbocycles. The molecule has 0 aromatic heterocycles. The number of ether oxygens (including phenoxy) is 1. The summed E-state index contributed by atoms with van der Waals surface area (Å²) in [6, 6.07) is 15.3. The lowest BCUT2D eigenvalue weighted by Crippen LogP contribution is -2.40. The first-order valence-electron chi connectivity index (χ1n) is 8.07. The number of aliphatic hydroxyl groups is 1. The van der Waals surface area contributed by atoms with Crippen molar-refractivity contribution in [2.24, 2.45) is 0 Å². The van der Waals surface area contributed by atoms with E-state index in [0.29, 0.717) is 11.4 Å².